The van der Waals surface area contributed by atoms with Gasteiger partial charge in [-0.1, -0.05) is 34.1 Å². The average molecular weight is 343 g/mol. The average Bonchev–Trinajstić information content (AvgIpc) is 2.85. The molecule has 0 amide bonds. The summed E-state index contributed by atoms with van der Waals surface area (Å²) in [6.45, 7) is 12.2. The Morgan fingerprint density at radius 2 is 1.80 bits per heavy atom. The molecule has 4 atom stereocenters. The highest BCUT2D eigenvalue weighted by Gasteiger charge is 2.61. The van der Waals surface area contributed by atoms with Crippen LogP contribution in [-0.4, -0.2) is 12.2 Å². The van der Waals surface area contributed by atoms with Gasteiger partial charge in [0, 0.05) is 5.56 Å². The molecular weight excluding hydrogens is 308 g/mol. The van der Waals surface area contributed by atoms with Gasteiger partial charge in [0.25, 0.3) is 0 Å². The summed E-state index contributed by atoms with van der Waals surface area (Å²) in [5, 5.41) is 10.9. The summed E-state index contributed by atoms with van der Waals surface area (Å²) in [4.78, 5) is 0. The Morgan fingerprint density at radius 3 is 2.48 bits per heavy atom. The third-order valence-electron chi connectivity index (χ3n) is 8.56. The minimum Gasteiger partial charge on any atom is -0.504 e. The van der Waals surface area contributed by atoms with Crippen LogP contribution in [0.4, 0.5) is 0 Å². The molecule has 0 radical (unpaired) electrons. The van der Waals surface area contributed by atoms with Crippen molar-refractivity contribution in [2.45, 2.75) is 78.6 Å². The third-order valence-corrected chi connectivity index (χ3v) is 8.56. The number of ether oxygens (including phenoxy) is 1. The highest BCUT2D eigenvalue weighted by atomic mass is 16.5. The number of hydrogen-bond acceptors (Lipinski definition) is 2. The number of hydrogen-bond donors (Lipinski definition) is 1. The molecule has 0 saturated heterocycles. The first kappa shape index (κ1) is 17.2. The zero-order chi connectivity index (χ0) is 18.2. The van der Waals surface area contributed by atoms with Gasteiger partial charge in [-0.05, 0) is 84.3 Å². The van der Waals surface area contributed by atoms with E-state index in [0.29, 0.717) is 28.2 Å². The molecule has 1 N–H and O–H groups in total. The van der Waals surface area contributed by atoms with Crippen molar-refractivity contribution in [3.05, 3.63) is 22.8 Å². The van der Waals surface area contributed by atoms with E-state index in [9.17, 15) is 5.11 Å². The smallest absolute Gasteiger partial charge is 0.161 e. The van der Waals surface area contributed by atoms with Crippen LogP contribution in [0.25, 0.3) is 0 Å². The maximum absolute atomic E-state index is 10.9. The molecular formula is C23H34O2. The number of phenols is 1. The summed E-state index contributed by atoms with van der Waals surface area (Å²) in [7, 11) is 1.66. The lowest BCUT2D eigenvalue weighted by molar-refractivity contribution is -0.0983. The lowest BCUT2D eigenvalue weighted by Gasteiger charge is -2.61. The lowest BCUT2D eigenvalue weighted by atomic mass is 9.43. The maximum Gasteiger partial charge on any atom is 0.161 e. The Kier molecular flexibility index (Phi) is 3.57. The molecule has 0 aliphatic heterocycles. The molecule has 2 saturated carbocycles. The second kappa shape index (κ2) is 5.18. The van der Waals surface area contributed by atoms with Gasteiger partial charge in [0.05, 0.1) is 7.11 Å². The maximum atomic E-state index is 10.9. The van der Waals surface area contributed by atoms with Crippen molar-refractivity contribution in [3.8, 4) is 11.5 Å². The minimum atomic E-state index is 0.196. The molecule has 2 heteroatoms. The van der Waals surface area contributed by atoms with Crippen LogP contribution >= 0.6 is 0 Å². The van der Waals surface area contributed by atoms with E-state index in [1.165, 1.54) is 48.8 Å². The van der Waals surface area contributed by atoms with Gasteiger partial charge in [-0.3, -0.25) is 0 Å². The van der Waals surface area contributed by atoms with E-state index >= 15 is 0 Å². The predicted octanol–water partition coefficient (Wildman–Crippen LogP) is 5.77. The van der Waals surface area contributed by atoms with Gasteiger partial charge in [0.2, 0.25) is 0 Å². The molecule has 4 unspecified atom stereocenters. The zero-order valence-electron chi connectivity index (χ0n) is 16.8. The quantitative estimate of drug-likeness (QED) is 0.702. The number of aromatic hydroxyl groups is 1. The second-order valence-electron chi connectivity index (χ2n) is 10.2. The Balaban J connectivity index is 1.86. The molecule has 3 aliphatic carbocycles. The highest BCUT2D eigenvalue weighted by Crippen LogP contribution is 2.68. The SMILES string of the molecule is COc1cc(C)c2c(c1O)CC1C2(C)CCC2C(C)(C)CCCC21C. The highest BCUT2D eigenvalue weighted by molar-refractivity contribution is 5.59. The summed E-state index contributed by atoms with van der Waals surface area (Å²) in [6, 6.07) is 2.04. The van der Waals surface area contributed by atoms with Crippen molar-refractivity contribution < 1.29 is 9.84 Å². The van der Waals surface area contributed by atoms with Crippen LogP contribution in [0.5, 0.6) is 11.5 Å². The molecule has 2 nitrogen and oxygen atoms in total. The predicted molar refractivity (Wildman–Crippen MR) is 102 cm³/mol. The van der Waals surface area contributed by atoms with Crippen LogP contribution in [-0.2, 0) is 11.8 Å². The van der Waals surface area contributed by atoms with Crippen LogP contribution in [0, 0.1) is 29.6 Å². The number of benzene rings is 1. The van der Waals surface area contributed by atoms with Crippen molar-refractivity contribution in [1.82, 2.24) is 0 Å². The van der Waals surface area contributed by atoms with Gasteiger partial charge in [0.15, 0.2) is 11.5 Å². The molecule has 3 aliphatic rings. The van der Waals surface area contributed by atoms with Gasteiger partial charge in [-0.2, -0.15) is 0 Å². The standard InChI is InChI=1S/C23H34O2/c1-14-12-16(25-6)20(24)15-13-18-22(4)10-7-9-21(2,3)17(22)8-11-23(18,5)19(14)15/h12,17-18,24H,7-11,13H2,1-6H3. The Bertz CT molecular complexity index is 719. The summed E-state index contributed by atoms with van der Waals surface area (Å²) in [6.07, 6.45) is 7.63. The third kappa shape index (κ3) is 2.09. The summed E-state index contributed by atoms with van der Waals surface area (Å²) in [5.41, 5.74) is 4.92. The van der Waals surface area contributed by atoms with E-state index < -0.39 is 0 Å². The molecule has 0 heterocycles. The number of aryl methyl sites for hydroxylation is 1. The van der Waals surface area contributed by atoms with Gasteiger partial charge < -0.3 is 9.84 Å². The van der Waals surface area contributed by atoms with Crippen molar-refractivity contribution in [2.24, 2.45) is 22.7 Å². The van der Waals surface area contributed by atoms with E-state index in [1.807, 2.05) is 6.07 Å². The first-order valence-electron chi connectivity index (χ1n) is 10.0. The van der Waals surface area contributed by atoms with Gasteiger partial charge in [0.1, 0.15) is 0 Å². The van der Waals surface area contributed by atoms with Gasteiger partial charge in [-0.15, -0.1) is 0 Å². The molecule has 0 spiro atoms. The normalized spacial score (nSPS) is 38.6. The summed E-state index contributed by atoms with van der Waals surface area (Å²) in [5.74, 6) is 2.47. The number of rotatable bonds is 1. The first-order valence-corrected chi connectivity index (χ1v) is 10.0. The summed E-state index contributed by atoms with van der Waals surface area (Å²) >= 11 is 0. The lowest BCUT2D eigenvalue weighted by Crippen LogP contribution is -2.55. The van der Waals surface area contributed by atoms with Crippen LogP contribution in [0.3, 0.4) is 0 Å². The van der Waals surface area contributed by atoms with Crippen molar-refractivity contribution in [3.63, 3.8) is 0 Å². The Hall–Kier alpha value is -1.18. The number of phenolic OH excluding ortho intramolecular Hbond substituents is 1. The van der Waals surface area contributed by atoms with E-state index in [2.05, 4.69) is 34.6 Å². The first-order chi connectivity index (χ1) is 11.6. The molecule has 1 aromatic rings. The molecule has 0 bridgehead atoms. The molecule has 2 fully saturated rings. The van der Waals surface area contributed by atoms with Crippen LogP contribution in [0.2, 0.25) is 0 Å². The fourth-order valence-electron chi connectivity index (χ4n) is 7.60. The van der Waals surface area contributed by atoms with Crippen molar-refractivity contribution in [1.29, 1.82) is 0 Å². The van der Waals surface area contributed by atoms with Crippen LogP contribution in [0.1, 0.15) is 76.5 Å². The Labute approximate surface area is 153 Å². The molecule has 4 rings (SSSR count). The monoisotopic (exact) mass is 342 g/mol. The Morgan fingerprint density at radius 1 is 1.08 bits per heavy atom. The van der Waals surface area contributed by atoms with Gasteiger partial charge in [-0.25, -0.2) is 0 Å². The number of fused-ring (bicyclic) bond motifs is 5. The molecule has 25 heavy (non-hydrogen) atoms. The largest absolute Gasteiger partial charge is 0.504 e. The topological polar surface area (TPSA) is 29.5 Å². The fourth-order valence-corrected chi connectivity index (χ4v) is 7.60. The van der Waals surface area contributed by atoms with E-state index in [0.717, 1.165) is 12.3 Å². The molecule has 1 aromatic carbocycles. The summed E-state index contributed by atoms with van der Waals surface area (Å²) < 4.78 is 5.45. The van der Waals surface area contributed by atoms with Gasteiger partial charge >= 0.3 is 0 Å². The minimum absolute atomic E-state index is 0.196. The fraction of sp³-hybridized carbons (Fsp3) is 0.739. The molecule has 0 aromatic heterocycles. The van der Waals surface area contributed by atoms with E-state index in [-0.39, 0.29) is 5.41 Å². The zero-order valence-corrected chi connectivity index (χ0v) is 16.8. The van der Waals surface area contributed by atoms with E-state index in [4.69, 9.17) is 4.74 Å². The van der Waals surface area contributed by atoms with Crippen LogP contribution < -0.4 is 4.74 Å². The van der Waals surface area contributed by atoms with Crippen molar-refractivity contribution >= 4 is 0 Å². The van der Waals surface area contributed by atoms with Crippen LogP contribution in [0.15, 0.2) is 6.07 Å². The van der Waals surface area contributed by atoms with E-state index in [1.54, 1.807) is 7.11 Å². The van der Waals surface area contributed by atoms with Crippen molar-refractivity contribution in [2.75, 3.05) is 7.11 Å². The molecule has 138 valence electrons. The number of methoxy groups -OCH3 is 1. The second-order valence-corrected chi connectivity index (χ2v) is 10.2.